The van der Waals surface area contributed by atoms with Crippen LogP contribution in [0.15, 0.2) is 12.7 Å². The molecule has 1 heterocycles. The summed E-state index contributed by atoms with van der Waals surface area (Å²) in [6.07, 6.45) is 6.63. The van der Waals surface area contributed by atoms with Crippen molar-refractivity contribution >= 4 is 0 Å². The average Bonchev–Trinajstić information content (AvgIpc) is 2.39. The second-order valence-corrected chi connectivity index (χ2v) is 5.14. The maximum atomic E-state index is 5.63. The highest BCUT2D eigenvalue weighted by atomic mass is 16.5. The van der Waals surface area contributed by atoms with Gasteiger partial charge in [0.25, 0.3) is 0 Å². The van der Waals surface area contributed by atoms with E-state index in [1.807, 2.05) is 6.08 Å². The predicted octanol–water partition coefficient (Wildman–Crippen LogP) is 2.43. The Balaban J connectivity index is 2.26. The molecule has 106 valence electrons. The fourth-order valence-electron chi connectivity index (χ4n) is 2.60. The van der Waals surface area contributed by atoms with E-state index in [9.17, 15) is 0 Å². The monoisotopic (exact) mass is 254 g/mol. The molecule has 18 heavy (non-hydrogen) atoms. The molecule has 0 spiro atoms. The Labute approximate surface area is 113 Å². The number of ether oxygens (including phenoxy) is 1. The number of hydrogen-bond donors (Lipinski definition) is 1. The molecule has 0 aliphatic carbocycles. The maximum Gasteiger partial charge on any atom is 0.0593 e. The van der Waals surface area contributed by atoms with Crippen LogP contribution >= 0.6 is 0 Å². The lowest BCUT2D eigenvalue weighted by molar-refractivity contribution is 0.0645. The molecule has 0 bridgehead atoms. The third kappa shape index (κ3) is 5.51. The first-order valence-electron chi connectivity index (χ1n) is 7.47. The summed E-state index contributed by atoms with van der Waals surface area (Å²) in [5.74, 6) is 0. The lowest BCUT2D eigenvalue weighted by Crippen LogP contribution is -2.56. The minimum atomic E-state index is 0.672. The standard InChI is InChI=1S/C15H30N2O/c1-4-7-10-18-11-9-17-13-14(8-5-2)16-12-15(17)6-3/h4,14-16H,1,5-13H2,2-3H3. The zero-order chi connectivity index (χ0) is 13.2. The summed E-state index contributed by atoms with van der Waals surface area (Å²) in [6, 6.07) is 1.35. The number of nitrogens with zero attached hydrogens (tertiary/aromatic N) is 1. The largest absolute Gasteiger partial charge is 0.380 e. The summed E-state index contributed by atoms with van der Waals surface area (Å²) in [4.78, 5) is 2.60. The lowest BCUT2D eigenvalue weighted by atomic mass is 10.0. The molecule has 3 nitrogen and oxygen atoms in total. The Kier molecular flexibility index (Phi) is 8.31. The predicted molar refractivity (Wildman–Crippen MR) is 78.0 cm³/mol. The van der Waals surface area contributed by atoms with Crippen LogP contribution in [0.25, 0.3) is 0 Å². The van der Waals surface area contributed by atoms with Gasteiger partial charge in [-0.15, -0.1) is 6.58 Å². The molecule has 2 atom stereocenters. The van der Waals surface area contributed by atoms with Gasteiger partial charge < -0.3 is 10.1 Å². The molecule has 2 unspecified atom stereocenters. The number of piperazine rings is 1. The van der Waals surface area contributed by atoms with Crippen LogP contribution in [-0.4, -0.2) is 49.8 Å². The second-order valence-electron chi connectivity index (χ2n) is 5.14. The normalized spacial score (nSPS) is 25.2. The Bertz CT molecular complexity index is 221. The highest BCUT2D eigenvalue weighted by Crippen LogP contribution is 2.12. The van der Waals surface area contributed by atoms with Gasteiger partial charge in [0.05, 0.1) is 13.2 Å². The summed E-state index contributed by atoms with van der Waals surface area (Å²) < 4.78 is 5.63. The molecule has 0 aromatic carbocycles. The van der Waals surface area contributed by atoms with Gasteiger partial charge in [-0.1, -0.05) is 26.3 Å². The average molecular weight is 254 g/mol. The first kappa shape index (κ1) is 15.7. The fraction of sp³-hybridized carbons (Fsp3) is 0.867. The van der Waals surface area contributed by atoms with Gasteiger partial charge in [-0.25, -0.2) is 0 Å². The van der Waals surface area contributed by atoms with Gasteiger partial charge >= 0.3 is 0 Å². The third-order valence-corrected chi connectivity index (χ3v) is 3.71. The van der Waals surface area contributed by atoms with E-state index in [0.29, 0.717) is 12.1 Å². The number of rotatable bonds is 9. The summed E-state index contributed by atoms with van der Waals surface area (Å²) in [6.45, 7) is 13.3. The first-order valence-corrected chi connectivity index (χ1v) is 7.47. The van der Waals surface area contributed by atoms with Crippen LogP contribution in [0.5, 0.6) is 0 Å². The molecule has 0 amide bonds. The van der Waals surface area contributed by atoms with Crippen molar-refractivity contribution in [2.45, 2.75) is 51.6 Å². The van der Waals surface area contributed by atoms with Crippen molar-refractivity contribution in [2.75, 3.05) is 32.8 Å². The highest BCUT2D eigenvalue weighted by molar-refractivity contribution is 4.85. The summed E-state index contributed by atoms with van der Waals surface area (Å²) in [5, 5.41) is 3.67. The highest BCUT2D eigenvalue weighted by Gasteiger charge is 2.25. The Morgan fingerprint density at radius 2 is 2.22 bits per heavy atom. The van der Waals surface area contributed by atoms with Crippen LogP contribution in [0.4, 0.5) is 0 Å². The quantitative estimate of drug-likeness (QED) is 0.505. The van der Waals surface area contributed by atoms with Crippen LogP contribution in [0.3, 0.4) is 0 Å². The van der Waals surface area contributed by atoms with Crippen LogP contribution in [0.2, 0.25) is 0 Å². The zero-order valence-corrected chi connectivity index (χ0v) is 12.2. The molecule has 1 saturated heterocycles. The molecule has 1 N–H and O–H groups in total. The Morgan fingerprint density at radius 1 is 1.39 bits per heavy atom. The molecule has 0 saturated carbocycles. The smallest absolute Gasteiger partial charge is 0.0593 e. The molecule has 1 fully saturated rings. The Hall–Kier alpha value is -0.380. The van der Waals surface area contributed by atoms with Crippen molar-refractivity contribution in [3.8, 4) is 0 Å². The molecule has 3 heteroatoms. The van der Waals surface area contributed by atoms with E-state index in [1.165, 1.54) is 25.8 Å². The summed E-state index contributed by atoms with van der Waals surface area (Å²) >= 11 is 0. The molecule has 0 aromatic rings. The van der Waals surface area contributed by atoms with Gasteiger partial charge in [-0.3, -0.25) is 4.90 Å². The van der Waals surface area contributed by atoms with Gasteiger partial charge in [0.15, 0.2) is 0 Å². The summed E-state index contributed by atoms with van der Waals surface area (Å²) in [7, 11) is 0. The molecule has 0 radical (unpaired) electrons. The van der Waals surface area contributed by atoms with Gasteiger partial charge in [0.1, 0.15) is 0 Å². The van der Waals surface area contributed by atoms with Gasteiger partial charge in [0.2, 0.25) is 0 Å². The van der Waals surface area contributed by atoms with Gasteiger partial charge in [-0.05, 0) is 19.3 Å². The SMILES string of the molecule is C=CCCOCCN1CC(CCC)NCC1CC. The van der Waals surface area contributed by atoms with Gasteiger partial charge in [-0.2, -0.15) is 0 Å². The van der Waals surface area contributed by atoms with Crippen molar-refractivity contribution in [1.82, 2.24) is 10.2 Å². The second kappa shape index (κ2) is 9.54. The van der Waals surface area contributed by atoms with E-state index in [2.05, 4.69) is 30.6 Å². The van der Waals surface area contributed by atoms with Crippen molar-refractivity contribution in [1.29, 1.82) is 0 Å². The van der Waals surface area contributed by atoms with E-state index in [0.717, 1.165) is 32.7 Å². The molecule has 0 aromatic heterocycles. The molecule has 1 aliphatic heterocycles. The van der Waals surface area contributed by atoms with Gasteiger partial charge in [0, 0.05) is 31.7 Å². The third-order valence-electron chi connectivity index (χ3n) is 3.71. The lowest BCUT2D eigenvalue weighted by Gasteiger charge is -2.40. The van der Waals surface area contributed by atoms with Crippen molar-refractivity contribution in [3.63, 3.8) is 0 Å². The van der Waals surface area contributed by atoms with Crippen LogP contribution in [-0.2, 0) is 4.74 Å². The van der Waals surface area contributed by atoms with Crippen LogP contribution < -0.4 is 5.32 Å². The van der Waals surface area contributed by atoms with E-state index in [-0.39, 0.29) is 0 Å². The fourth-order valence-corrected chi connectivity index (χ4v) is 2.60. The van der Waals surface area contributed by atoms with Crippen LogP contribution in [0.1, 0.15) is 39.5 Å². The van der Waals surface area contributed by atoms with Crippen molar-refractivity contribution in [2.24, 2.45) is 0 Å². The van der Waals surface area contributed by atoms with E-state index < -0.39 is 0 Å². The Morgan fingerprint density at radius 3 is 2.89 bits per heavy atom. The molecule has 1 rings (SSSR count). The van der Waals surface area contributed by atoms with E-state index in [4.69, 9.17) is 4.74 Å². The topological polar surface area (TPSA) is 24.5 Å². The van der Waals surface area contributed by atoms with Crippen LogP contribution in [0, 0.1) is 0 Å². The maximum absolute atomic E-state index is 5.63. The zero-order valence-electron chi connectivity index (χ0n) is 12.2. The molecular formula is C15H30N2O. The number of hydrogen-bond acceptors (Lipinski definition) is 3. The minimum Gasteiger partial charge on any atom is -0.380 e. The first-order chi connectivity index (χ1) is 8.81. The molecule has 1 aliphatic rings. The number of nitrogens with one attached hydrogen (secondary N) is 1. The van der Waals surface area contributed by atoms with E-state index >= 15 is 0 Å². The van der Waals surface area contributed by atoms with Crippen molar-refractivity contribution in [3.05, 3.63) is 12.7 Å². The minimum absolute atomic E-state index is 0.672. The summed E-state index contributed by atoms with van der Waals surface area (Å²) in [5.41, 5.74) is 0. The molecular weight excluding hydrogens is 224 g/mol. The van der Waals surface area contributed by atoms with E-state index in [1.54, 1.807) is 0 Å². The van der Waals surface area contributed by atoms with Crippen molar-refractivity contribution < 1.29 is 4.74 Å².